The van der Waals surface area contributed by atoms with E-state index in [-0.39, 0.29) is 0 Å². The number of rotatable bonds is 7. The standard InChI is InChI=1S/C15H19N3O/c1-2-4-15(5-3-1)19-9-8-18-11-14(17-12-18)10-16-13-6-7-13/h1-5,11-13,16H,6-10H2. The lowest BCUT2D eigenvalue weighted by atomic mass is 10.3. The molecule has 3 rings (SSSR count). The van der Waals surface area contributed by atoms with Crippen molar-refractivity contribution in [1.29, 1.82) is 0 Å². The molecule has 1 fully saturated rings. The molecular weight excluding hydrogens is 238 g/mol. The number of benzene rings is 1. The van der Waals surface area contributed by atoms with Gasteiger partial charge in [-0.3, -0.25) is 0 Å². The van der Waals surface area contributed by atoms with Crippen molar-refractivity contribution in [2.24, 2.45) is 0 Å². The van der Waals surface area contributed by atoms with Crippen molar-refractivity contribution in [1.82, 2.24) is 14.9 Å². The van der Waals surface area contributed by atoms with Crippen LogP contribution in [0, 0.1) is 0 Å². The van der Waals surface area contributed by atoms with Crippen molar-refractivity contribution >= 4 is 0 Å². The zero-order valence-corrected chi connectivity index (χ0v) is 11.0. The van der Waals surface area contributed by atoms with E-state index >= 15 is 0 Å². The highest BCUT2D eigenvalue weighted by Gasteiger charge is 2.20. The van der Waals surface area contributed by atoms with Crippen LogP contribution in [0.5, 0.6) is 5.75 Å². The van der Waals surface area contributed by atoms with Crippen LogP contribution in [0.3, 0.4) is 0 Å². The number of nitrogens with zero attached hydrogens (tertiary/aromatic N) is 2. The van der Waals surface area contributed by atoms with E-state index in [4.69, 9.17) is 4.74 Å². The van der Waals surface area contributed by atoms with Crippen molar-refractivity contribution in [2.75, 3.05) is 6.61 Å². The Morgan fingerprint density at radius 3 is 2.89 bits per heavy atom. The first-order valence-corrected chi connectivity index (χ1v) is 6.82. The van der Waals surface area contributed by atoms with Crippen LogP contribution in [-0.4, -0.2) is 22.2 Å². The van der Waals surface area contributed by atoms with Gasteiger partial charge in [0.2, 0.25) is 0 Å². The summed E-state index contributed by atoms with van der Waals surface area (Å²) in [5, 5.41) is 3.46. The summed E-state index contributed by atoms with van der Waals surface area (Å²) in [4.78, 5) is 4.39. The van der Waals surface area contributed by atoms with Gasteiger partial charge >= 0.3 is 0 Å². The van der Waals surface area contributed by atoms with Gasteiger partial charge in [-0.15, -0.1) is 0 Å². The van der Waals surface area contributed by atoms with Crippen molar-refractivity contribution in [2.45, 2.75) is 32.0 Å². The average molecular weight is 257 g/mol. The zero-order valence-electron chi connectivity index (χ0n) is 11.0. The van der Waals surface area contributed by atoms with E-state index in [0.717, 1.165) is 30.6 Å². The van der Waals surface area contributed by atoms with E-state index in [2.05, 4.69) is 21.1 Å². The van der Waals surface area contributed by atoms with Gasteiger partial charge in [0, 0.05) is 18.8 Å². The Balaban J connectivity index is 1.42. The predicted octanol–water partition coefficient (Wildman–Crippen LogP) is 2.21. The van der Waals surface area contributed by atoms with Gasteiger partial charge in [0.25, 0.3) is 0 Å². The maximum Gasteiger partial charge on any atom is 0.119 e. The molecule has 1 aromatic carbocycles. The fraction of sp³-hybridized carbons (Fsp3) is 0.400. The molecule has 19 heavy (non-hydrogen) atoms. The van der Waals surface area contributed by atoms with Gasteiger partial charge in [0.15, 0.2) is 0 Å². The molecule has 1 aromatic heterocycles. The Kier molecular flexibility index (Phi) is 3.79. The van der Waals surface area contributed by atoms with Gasteiger partial charge in [-0.05, 0) is 25.0 Å². The third-order valence-corrected chi connectivity index (χ3v) is 3.20. The molecule has 0 unspecified atom stereocenters. The van der Waals surface area contributed by atoms with Crippen molar-refractivity contribution in [3.63, 3.8) is 0 Å². The highest BCUT2D eigenvalue weighted by Crippen LogP contribution is 2.18. The van der Waals surface area contributed by atoms with Crippen molar-refractivity contribution < 1.29 is 4.74 Å². The van der Waals surface area contributed by atoms with Gasteiger partial charge in [0.05, 0.1) is 18.6 Å². The van der Waals surface area contributed by atoms with E-state index < -0.39 is 0 Å². The second kappa shape index (κ2) is 5.89. The Morgan fingerprint density at radius 1 is 1.26 bits per heavy atom. The smallest absolute Gasteiger partial charge is 0.119 e. The molecule has 0 aliphatic heterocycles. The van der Waals surface area contributed by atoms with Gasteiger partial charge in [-0.2, -0.15) is 0 Å². The molecule has 0 spiro atoms. The summed E-state index contributed by atoms with van der Waals surface area (Å²) in [6, 6.07) is 10.6. The topological polar surface area (TPSA) is 39.1 Å². The molecule has 2 aromatic rings. The lowest BCUT2D eigenvalue weighted by Crippen LogP contribution is -2.15. The monoisotopic (exact) mass is 257 g/mol. The van der Waals surface area contributed by atoms with Crippen LogP contribution in [0.2, 0.25) is 0 Å². The number of hydrogen-bond acceptors (Lipinski definition) is 3. The number of para-hydroxylation sites is 1. The highest BCUT2D eigenvalue weighted by atomic mass is 16.5. The SMILES string of the molecule is c1ccc(OCCn2cnc(CNC3CC3)c2)cc1. The first-order chi connectivity index (χ1) is 9.40. The molecule has 1 saturated carbocycles. The van der Waals surface area contributed by atoms with E-state index in [1.54, 1.807) is 0 Å². The zero-order chi connectivity index (χ0) is 12.9. The average Bonchev–Trinajstić information content (AvgIpc) is 3.17. The first-order valence-electron chi connectivity index (χ1n) is 6.82. The Bertz CT molecular complexity index is 505. The second-order valence-electron chi connectivity index (χ2n) is 4.92. The Hall–Kier alpha value is -1.81. The van der Waals surface area contributed by atoms with Crippen molar-refractivity contribution in [3.05, 3.63) is 48.5 Å². The third kappa shape index (κ3) is 3.83. The quantitative estimate of drug-likeness (QED) is 0.826. The van der Waals surface area contributed by atoms with Gasteiger partial charge in [-0.1, -0.05) is 18.2 Å². The maximum atomic E-state index is 5.66. The number of aromatic nitrogens is 2. The van der Waals surface area contributed by atoms with E-state index in [1.165, 1.54) is 12.8 Å². The normalized spacial score (nSPS) is 14.5. The third-order valence-electron chi connectivity index (χ3n) is 3.20. The lowest BCUT2D eigenvalue weighted by Gasteiger charge is -2.06. The van der Waals surface area contributed by atoms with Crippen LogP contribution in [0.1, 0.15) is 18.5 Å². The van der Waals surface area contributed by atoms with Crippen LogP contribution in [0.4, 0.5) is 0 Å². The summed E-state index contributed by atoms with van der Waals surface area (Å²) in [7, 11) is 0. The molecular formula is C15H19N3O. The number of ether oxygens (including phenoxy) is 1. The minimum Gasteiger partial charge on any atom is -0.492 e. The fourth-order valence-corrected chi connectivity index (χ4v) is 1.94. The number of nitrogens with one attached hydrogen (secondary N) is 1. The van der Waals surface area contributed by atoms with Crippen LogP contribution in [0.25, 0.3) is 0 Å². The molecule has 0 radical (unpaired) electrons. The van der Waals surface area contributed by atoms with Crippen LogP contribution >= 0.6 is 0 Å². The second-order valence-corrected chi connectivity index (χ2v) is 4.92. The molecule has 0 atom stereocenters. The Morgan fingerprint density at radius 2 is 2.11 bits per heavy atom. The predicted molar refractivity (Wildman–Crippen MR) is 74.0 cm³/mol. The first kappa shape index (κ1) is 12.2. The summed E-state index contributed by atoms with van der Waals surface area (Å²) in [5.74, 6) is 0.915. The van der Waals surface area contributed by atoms with Gasteiger partial charge in [-0.25, -0.2) is 4.98 Å². The van der Waals surface area contributed by atoms with Crippen molar-refractivity contribution in [3.8, 4) is 5.75 Å². The molecule has 4 nitrogen and oxygen atoms in total. The molecule has 1 N–H and O–H groups in total. The van der Waals surface area contributed by atoms with Crippen LogP contribution < -0.4 is 10.1 Å². The molecule has 0 bridgehead atoms. The number of imidazole rings is 1. The largest absolute Gasteiger partial charge is 0.492 e. The minimum atomic E-state index is 0.663. The van der Waals surface area contributed by atoms with Crippen LogP contribution in [0.15, 0.2) is 42.9 Å². The lowest BCUT2D eigenvalue weighted by molar-refractivity contribution is 0.298. The Labute approximate surface area is 113 Å². The van der Waals surface area contributed by atoms with Gasteiger partial charge < -0.3 is 14.6 Å². The van der Waals surface area contributed by atoms with E-state index in [9.17, 15) is 0 Å². The van der Waals surface area contributed by atoms with Crippen LogP contribution in [-0.2, 0) is 13.1 Å². The summed E-state index contributed by atoms with van der Waals surface area (Å²) in [6.07, 6.45) is 6.58. The van der Waals surface area contributed by atoms with E-state index in [0.29, 0.717) is 6.61 Å². The molecule has 1 aliphatic carbocycles. The summed E-state index contributed by atoms with van der Waals surface area (Å²) in [6.45, 7) is 2.36. The molecule has 0 saturated heterocycles. The molecule has 1 aliphatic rings. The molecule has 4 heteroatoms. The van der Waals surface area contributed by atoms with E-state index in [1.807, 2.05) is 36.7 Å². The van der Waals surface area contributed by atoms with Gasteiger partial charge in [0.1, 0.15) is 12.4 Å². The highest BCUT2D eigenvalue weighted by molar-refractivity contribution is 5.20. The summed E-state index contributed by atoms with van der Waals surface area (Å²) >= 11 is 0. The fourth-order valence-electron chi connectivity index (χ4n) is 1.94. The summed E-state index contributed by atoms with van der Waals surface area (Å²) in [5.41, 5.74) is 1.10. The summed E-state index contributed by atoms with van der Waals surface area (Å²) < 4.78 is 7.74. The maximum absolute atomic E-state index is 5.66. The molecule has 1 heterocycles. The molecule has 0 amide bonds. The molecule has 100 valence electrons. The number of hydrogen-bond donors (Lipinski definition) is 1. The minimum absolute atomic E-state index is 0.663.